The van der Waals surface area contributed by atoms with Crippen molar-refractivity contribution in [2.45, 2.75) is 13.3 Å². The van der Waals surface area contributed by atoms with E-state index in [1.807, 2.05) is 43.3 Å². The molecule has 2 heterocycles. The molecule has 0 fully saturated rings. The van der Waals surface area contributed by atoms with Gasteiger partial charge < -0.3 is 5.32 Å². The Hall–Kier alpha value is -3.21. The first kappa shape index (κ1) is 15.3. The molecule has 0 aliphatic heterocycles. The van der Waals surface area contributed by atoms with Crippen LogP contribution in [0.15, 0.2) is 59.5 Å². The summed E-state index contributed by atoms with van der Waals surface area (Å²) in [6.45, 7) is 2.58. The van der Waals surface area contributed by atoms with Crippen LogP contribution in [-0.4, -0.2) is 21.8 Å². The van der Waals surface area contributed by atoms with Crippen LogP contribution in [0.25, 0.3) is 27.3 Å². The van der Waals surface area contributed by atoms with Crippen molar-refractivity contribution in [2.75, 3.05) is 6.54 Å². The van der Waals surface area contributed by atoms with E-state index >= 15 is 0 Å². The quantitative estimate of drug-likeness (QED) is 0.587. The number of pyridine rings is 1. The molecule has 2 aromatic carbocycles. The molecule has 4 aromatic rings. The highest BCUT2D eigenvalue weighted by molar-refractivity contribution is 6.02. The summed E-state index contributed by atoms with van der Waals surface area (Å²) in [7, 11) is 0. The van der Waals surface area contributed by atoms with Crippen LogP contribution in [0.1, 0.15) is 23.7 Å². The molecule has 0 aliphatic carbocycles. The van der Waals surface area contributed by atoms with Gasteiger partial charge in [-0.2, -0.15) is 0 Å². The van der Waals surface area contributed by atoms with Gasteiger partial charge in [0.1, 0.15) is 0 Å². The number of benzene rings is 2. The van der Waals surface area contributed by atoms with Crippen LogP contribution in [0.3, 0.4) is 0 Å². The largest absolute Gasteiger partial charge is 0.352 e. The van der Waals surface area contributed by atoms with Crippen molar-refractivity contribution in [1.29, 1.82) is 0 Å². The topological polar surface area (TPSA) is 63.5 Å². The lowest BCUT2D eigenvalue weighted by Gasteiger charge is -2.09. The maximum absolute atomic E-state index is 12.9. The van der Waals surface area contributed by atoms with E-state index in [9.17, 15) is 9.59 Å². The number of nitrogens with zero attached hydrogens (tertiary/aromatic N) is 2. The Labute approximate surface area is 143 Å². The molecule has 0 atom stereocenters. The van der Waals surface area contributed by atoms with E-state index < -0.39 is 0 Å². The fourth-order valence-electron chi connectivity index (χ4n) is 3.03. The molecule has 25 heavy (non-hydrogen) atoms. The normalized spacial score (nSPS) is 11.2. The first-order chi connectivity index (χ1) is 12.2. The van der Waals surface area contributed by atoms with Crippen molar-refractivity contribution >= 4 is 33.2 Å². The summed E-state index contributed by atoms with van der Waals surface area (Å²) in [6.07, 6.45) is 2.49. The standard InChI is InChI=1S/C20H17N3O2/c1-2-9-21-19(24)15-8-5-10-23-18(15)22-17-12-14-7-4-3-6-13(14)11-16(17)20(23)25/h3-8,10-12H,2,9H2,1H3,(H,21,24). The van der Waals surface area contributed by atoms with Gasteiger partial charge in [0.2, 0.25) is 0 Å². The minimum absolute atomic E-state index is 0.170. The van der Waals surface area contributed by atoms with E-state index in [1.54, 1.807) is 18.3 Å². The molecule has 124 valence electrons. The Morgan fingerprint density at radius 3 is 2.64 bits per heavy atom. The van der Waals surface area contributed by atoms with E-state index in [2.05, 4.69) is 10.3 Å². The highest BCUT2D eigenvalue weighted by Gasteiger charge is 2.14. The molecule has 1 N–H and O–H groups in total. The zero-order valence-corrected chi connectivity index (χ0v) is 13.8. The van der Waals surface area contributed by atoms with E-state index in [1.165, 1.54) is 4.40 Å². The van der Waals surface area contributed by atoms with Crippen LogP contribution >= 0.6 is 0 Å². The molecular weight excluding hydrogens is 314 g/mol. The summed E-state index contributed by atoms with van der Waals surface area (Å²) in [5, 5.41) is 5.39. The Morgan fingerprint density at radius 1 is 1.12 bits per heavy atom. The Kier molecular flexibility index (Phi) is 3.69. The smallest absolute Gasteiger partial charge is 0.265 e. The average molecular weight is 331 g/mol. The van der Waals surface area contributed by atoms with E-state index in [4.69, 9.17) is 0 Å². The van der Waals surface area contributed by atoms with Gasteiger partial charge in [-0.05, 0) is 41.5 Å². The van der Waals surface area contributed by atoms with Gasteiger partial charge in [0.15, 0.2) is 5.65 Å². The molecule has 0 saturated carbocycles. The molecule has 0 bridgehead atoms. The highest BCUT2D eigenvalue weighted by atomic mass is 16.1. The maximum atomic E-state index is 12.9. The van der Waals surface area contributed by atoms with Crippen LogP contribution < -0.4 is 10.9 Å². The number of carbonyl (C=O) groups is 1. The monoisotopic (exact) mass is 331 g/mol. The van der Waals surface area contributed by atoms with Crippen LogP contribution in [0.2, 0.25) is 0 Å². The summed E-state index contributed by atoms with van der Waals surface area (Å²) >= 11 is 0. The summed E-state index contributed by atoms with van der Waals surface area (Å²) < 4.78 is 1.44. The molecule has 5 nitrogen and oxygen atoms in total. The first-order valence-electron chi connectivity index (χ1n) is 8.31. The molecule has 1 amide bonds. The summed E-state index contributed by atoms with van der Waals surface area (Å²) in [5.74, 6) is -0.216. The minimum atomic E-state index is -0.216. The van der Waals surface area contributed by atoms with Crippen LogP contribution in [0.4, 0.5) is 0 Å². The Morgan fingerprint density at radius 2 is 1.88 bits per heavy atom. The van der Waals surface area contributed by atoms with Crippen molar-refractivity contribution in [1.82, 2.24) is 14.7 Å². The Balaban J connectivity index is 2.03. The van der Waals surface area contributed by atoms with Crippen LogP contribution in [0.5, 0.6) is 0 Å². The van der Waals surface area contributed by atoms with Gasteiger partial charge in [-0.25, -0.2) is 4.98 Å². The van der Waals surface area contributed by atoms with Gasteiger partial charge in [-0.15, -0.1) is 0 Å². The van der Waals surface area contributed by atoms with Gasteiger partial charge in [0, 0.05) is 12.7 Å². The zero-order chi connectivity index (χ0) is 17.4. The molecule has 0 aliphatic rings. The number of hydrogen-bond acceptors (Lipinski definition) is 3. The van der Waals surface area contributed by atoms with E-state index in [-0.39, 0.29) is 11.5 Å². The fraction of sp³-hybridized carbons (Fsp3) is 0.150. The number of carbonyl (C=O) groups excluding carboxylic acids is 1. The number of nitrogens with one attached hydrogen (secondary N) is 1. The summed E-state index contributed by atoms with van der Waals surface area (Å²) in [4.78, 5) is 29.9. The van der Waals surface area contributed by atoms with Crippen LogP contribution in [0, 0.1) is 0 Å². The molecule has 0 radical (unpaired) electrons. The lowest BCUT2D eigenvalue weighted by Crippen LogP contribution is -2.26. The van der Waals surface area contributed by atoms with Gasteiger partial charge in [-0.1, -0.05) is 31.2 Å². The van der Waals surface area contributed by atoms with E-state index in [0.29, 0.717) is 28.7 Å². The fourth-order valence-corrected chi connectivity index (χ4v) is 3.03. The van der Waals surface area contributed by atoms with Crippen molar-refractivity contribution in [2.24, 2.45) is 0 Å². The second kappa shape index (κ2) is 6.02. The van der Waals surface area contributed by atoms with Gasteiger partial charge >= 0.3 is 0 Å². The summed E-state index contributed by atoms with van der Waals surface area (Å²) in [5.41, 5.74) is 1.21. The lowest BCUT2D eigenvalue weighted by atomic mass is 10.1. The SMILES string of the molecule is CCCNC(=O)c1cccn2c(=O)c3cc4ccccc4cc3nc12. The third kappa shape index (κ3) is 2.54. The maximum Gasteiger partial charge on any atom is 0.265 e. The van der Waals surface area contributed by atoms with E-state index in [0.717, 1.165) is 17.2 Å². The molecule has 5 heteroatoms. The average Bonchev–Trinajstić information content (AvgIpc) is 2.64. The second-order valence-electron chi connectivity index (χ2n) is 6.00. The zero-order valence-electron chi connectivity index (χ0n) is 13.8. The van der Waals surface area contributed by atoms with Crippen molar-refractivity contribution in [3.8, 4) is 0 Å². The number of fused-ring (bicyclic) bond motifs is 3. The predicted octanol–water partition coefficient (Wildman–Crippen LogP) is 3.14. The van der Waals surface area contributed by atoms with Crippen molar-refractivity contribution in [3.05, 3.63) is 70.6 Å². The molecule has 2 aromatic heterocycles. The number of aromatic nitrogens is 2. The van der Waals surface area contributed by atoms with Gasteiger partial charge in [0.25, 0.3) is 11.5 Å². The molecule has 0 saturated heterocycles. The Bertz CT molecular complexity index is 1180. The van der Waals surface area contributed by atoms with Crippen LogP contribution in [-0.2, 0) is 0 Å². The lowest BCUT2D eigenvalue weighted by molar-refractivity contribution is 0.0954. The highest BCUT2D eigenvalue weighted by Crippen LogP contribution is 2.20. The third-order valence-electron chi connectivity index (χ3n) is 4.29. The number of rotatable bonds is 3. The minimum Gasteiger partial charge on any atom is -0.352 e. The third-order valence-corrected chi connectivity index (χ3v) is 4.29. The molecule has 0 unspecified atom stereocenters. The van der Waals surface area contributed by atoms with Crippen molar-refractivity contribution in [3.63, 3.8) is 0 Å². The number of hydrogen-bond donors (Lipinski definition) is 1. The molecule has 4 rings (SSSR count). The first-order valence-corrected chi connectivity index (χ1v) is 8.31. The summed E-state index contributed by atoms with van der Waals surface area (Å²) in [6, 6.07) is 15.0. The number of amides is 1. The van der Waals surface area contributed by atoms with Gasteiger partial charge in [-0.3, -0.25) is 14.0 Å². The molecular formula is C20H17N3O2. The van der Waals surface area contributed by atoms with Gasteiger partial charge in [0.05, 0.1) is 16.5 Å². The second-order valence-corrected chi connectivity index (χ2v) is 6.00. The molecule has 0 spiro atoms. The van der Waals surface area contributed by atoms with Crippen molar-refractivity contribution < 1.29 is 4.79 Å². The predicted molar refractivity (Wildman–Crippen MR) is 99.1 cm³/mol.